The number of hydrogen-bond acceptors (Lipinski definition) is 4. The Morgan fingerprint density at radius 2 is 1.88 bits per heavy atom. The lowest BCUT2D eigenvalue weighted by atomic mass is 9.45. The summed E-state index contributed by atoms with van der Waals surface area (Å²) in [5.41, 5.74) is 1.52. The highest BCUT2D eigenvalue weighted by molar-refractivity contribution is 5.75. The molecule has 0 spiro atoms. The van der Waals surface area contributed by atoms with Crippen LogP contribution in [0.25, 0.3) is 10.9 Å². The first-order valence-corrected chi connectivity index (χ1v) is 13.7. The first kappa shape index (κ1) is 21.8. The summed E-state index contributed by atoms with van der Waals surface area (Å²) < 4.78 is 5.52. The van der Waals surface area contributed by atoms with Crippen LogP contribution in [-0.2, 0) is 6.42 Å². The Kier molecular flexibility index (Phi) is 5.42. The minimum atomic E-state index is -0.282. The lowest BCUT2D eigenvalue weighted by Gasteiger charge is -2.60. The fraction of sp³-hybridized carbons (Fsp3) is 0.759. The van der Waals surface area contributed by atoms with Crippen molar-refractivity contribution in [3.05, 3.63) is 34.8 Å². The molecule has 0 amide bonds. The van der Waals surface area contributed by atoms with Crippen molar-refractivity contribution in [3.8, 4) is 0 Å². The fourth-order valence-corrected chi connectivity index (χ4v) is 9.45. The third-order valence-corrected chi connectivity index (χ3v) is 11.2. The number of rotatable bonds is 4. The molecule has 4 fully saturated rings. The van der Waals surface area contributed by atoms with E-state index in [4.69, 9.17) is 4.42 Å². The van der Waals surface area contributed by atoms with E-state index in [0.29, 0.717) is 27.6 Å². The van der Waals surface area contributed by atoms with Crippen LogP contribution in [0.3, 0.4) is 0 Å². The molecule has 4 aliphatic rings. The van der Waals surface area contributed by atoms with Crippen molar-refractivity contribution in [1.82, 2.24) is 9.97 Å². The Labute approximate surface area is 198 Å². The molecule has 2 aromatic heterocycles. The van der Waals surface area contributed by atoms with Gasteiger partial charge in [-0.1, -0.05) is 26.7 Å². The van der Waals surface area contributed by atoms with E-state index in [9.17, 15) is 4.79 Å². The maximum absolute atomic E-state index is 12.3. The molecule has 0 aromatic carbocycles. The molecule has 0 bridgehead atoms. The summed E-state index contributed by atoms with van der Waals surface area (Å²) in [4.78, 5) is 21.0. The molecule has 178 valence electrons. The Morgan fingerprint density at radius 3 is 2.79 bits per heavy atom. The summed E-state index contributed by atoms with van der Waals surface area (Å²) in [6, 6.07) is 1.69. The van der Waals surface area contributed by atoms with Crippen LogP contribution in [0.5, 0.6) is 0 Å². The molecule has 2 heterocycles. The van der Waals surface area contributed by atoms with Crippen molar-refractivity contribution in [2.45, 2.75) is 97.3 Å². The molecule has 7 atom stereocenters. The van der Waals surface area contributed by atoms with E-state index >= 15 is 0 Å². The predicted octanol–water partition coefficient (Wildman–Crippen LogP) is 6.95. The van der Waals surface area contributed by atoms with Crippen LogP contribution in [0, 0.1) is 40.4 Å². The molecule has 6 rings (SSSR count). The van der Waals surface area contributed by atoms with Crippen LogP contribution in [0.4, 0.5) is 0 Å². The SMILES string of the molecule is CC12CCCCC1CCC1C2CCC2(C)C(CCCc3nc4cnccc4c(=O)o3)CCC12. The van der Waals surface area contributed by atoms with Gasteiger partial charge in [0.15, 0.2) is 5.89 Å². The average molecular weight is 449 g/mol. The number of aryl methyl sites for hydroxylation is 1. The van der Waals surface area contributed by atoms with Gasteiger partial charge in [0.25, 0.3) is 0 Å². The summed E-state index contributed by atoms with van der Waals surface area (Å²) >= 11 is 0. The highest BCUT2D eigenvalue weighted by Gasteiger charge is 2.59. The van der Waals surface area contributed by atoms with E-state index in [-0.39, 0.29) is 5.63 Å². The predicted molar refractivity (Wildman–Crippen MR) is 131 cm³/mol. The second-order valence-corrected chi connectivity index (χ2v) is 12.4. The minimum absolute atomic E-state index is 0.282. The molecule has 0 N–H and O–H groups in total. The van der Waals surface area contributed by atoms with E-state index < -0.39 is 0 Å². The van der Waals surface area contributed by atoms with Crippen molar-refractivity contribution in [2.75, 3.05) is 0 Å². The maximum Gasteiger partial charge on any atom is 0.346 e. The van der Waals surface area contributed by atoms with Crippen LogP contribution in [0.15, 0.2) is 27.7 Å². The molecule has 4 heteroatoms. The van der Waals surface area contributed by atoms with Gasteiger partial charge in [-0.2, -0.15) is 0 Å². The zero-order chi connectivity index (χ0) is 22.6. The fourth-order valence-electron chi connectivity index (χ4n) is 9.45. The van der Waals surface area contributed by atoms with Crippen LogP contribution in [0.2, 0.25) is 0 Å². The van der Waals surface area contributed by atoms with Gasteiger partial charge in [-0.25, -0.2) is 9.78 Å². The van der Waals surface area contributed by atoms with Gasteiger partial charge in [-0.15, -0.1) is 0 Å². The Hall–Kier alpha value is -1.71. The summed E-state index contributed by atoms with van der Waals surface area (Å²) in [6.07, 6.45) is 21.0. The molecule has 0 aliphatic heterocycles. The first-order chi connectivity index (χ1) is 16.0. The standard InChI is InChI=1S/C29H40N2O2/c1-28-15-4-3-6-19(28)9-11-21-23-12-10-20(29(23,2)16-13-24(21)28)7-5-8-26-31-25-18-30-17-14-22(25)27(32)33-26/h14,17-21,23-24H,3-13,15-16H2,1-2H3. The van der Waals surface area contributed by atoms with Crippen molar-refractivity contribution >= 4 is 10.9 Å². The van der Waals surface area contributed by atoms with Gasteiger partial charge in [0.2, 0.25) is 0 Å². The van der Waals surface area contributed by atoms with Crippen molar-refractivity contribution in [2.24, 2.45) is 40.4 Å². The lowest BCUT2D eigenvalue weighted by Crippen LogP contribution is -2.52. The number of fused-ring (bicyclic) bond motifs is 6. The molecule has 2 aromatic rings. The summed E-state index contributed by atoms with van der Waals surface area (Å²) in [6.45, 7) is 5.32. The number of pyridine rings is 1. The maximum atomic E-state index is 12.3. The van der Waals surface area contributed by atoms with Crippen LogP contribution < -0.4 is 5.63 Å². The van der Waals surface area contributed by atoms with E-state index in [1.54, 1.807) is 18.5 Å². The van der Waals surface area contributed by atoms with Crippen molar-refractivity contribution in [1.29, 1.82) is 0 Å². The first-order valence-electron chi connectivity index (χ1n) is 13.7. The van der Waals surface area contributed by atoms with Gasteiger partial charge in [0.05, 0.1) is 17.1 Å². The van der Waals surface area contributed by atoms with Gasteiger partial charge >= 0.3 is 5.63 Å². The topological polar surface area (TPSA) is 56.0 Å². The molecular weight excluding hydrogens is 408 g/mol. The molecule has 7 unspecified atom stereocenters. The Bertz CT molecular complexity index is 1080. The van der Waals surface area contributed by atoms with E-state index in [1.165, 1.54) is 70.6 Å². The summed E-state index contributed by atoms with van der Waals surface area (Å²) in [7, 11) is 0. The highest BCUT2D eigenvalue weighted by Crippen LogP contribution is 2.67. The average Bonchev–Trinajstić information content (AvgIpc) is 3.15. The third kappa shape index (κ3) is 3.49. The summed E-state index contributed by atoms with van der Waals surface area (Å²) in [5, 5.41) is 0.526. The van der Waals surface area contributed by atoms with Crippen molar-refractivity contribution < 1.29 is 4.42 Å². The van der Waals surface area contributed by atoms with Crippen LogP contribution in [0.1, 0.15) is 96.8 Å². The van der Waals surface area contributed by atoms with Gasteiger partial charge in [-0.05, 0) is 111 Å². The van der Waals surface area contributed by atoms with Gasteiger partial charge in [0, 0.05) is 12.6 Å². The Morgan fingerprint density at radius 1 is 1.00 bits per heavy atom. The zero-order valence-corrected chi connectivity index (χ0v) is 20.5. The third-order valence-electron chi connectivity index (χ3n) is 11.2. The van der Waals surface area contributed by atoms with Crippen LogP contribution >= 0.6 is 0 Å². The smallest absolute Gasteiger partial charge is 0.346 e. The Balaban J connectivity index is 1.13. The molecule has 0 saturated heterocycles. The second-order valence-electron chi connectivity index (χ2n) is 12.4. The normalized spacial score (nSPS) is 40.2. The van der Waals surface area contributed by atoms with E-state index in [0.717, 1.165) is 42.4 Å². The number of hydrogen-bond donors (Lipinski definition) is 0. The van der Waals surface area contributed by atoms with E-state index in [2.05, 4.69) is 23.8 Å². The molecule has 0 radical (unpaired) electrons. The van der Waals surface area contributed by atoms with Gasteiger partial charge in [-0.3, -0.25) is 4.98 Å². The molecule has 4 saturated carbocycles. The largest absolute Gasteiger partial charge is 0.408 e. The number of aromatic nitrogens is 2. The highest BCUT2D eigenvalue weighted by atomic mass is 16.4. The number of nitrogens with zero attached hydrogens (tertiary/aromatic N) is 2. The van der Waals surface area contributed by atoms with Crippen LogP contribution in [-0.4, -0.2) is 9.97 Å². The molecule has 4 aliphatic carbocycles. The summed E-state index contributed by atoms with van der Waals surface area (Å²) in [5.74, 6) is 5.29. The molecule has 33 heavy (non-hydrogen) atoms. The van der Waals surface area contributed by atoms with Crippen molar-refractivity contribution in [3.63, 3.8) is 0 Å². The minimum Gasteiger partial charge on any atom is -0.408 e. The zero-order valence-electron chi connectivity index (χ0n) is 20.5. The monoisotopic (exact) mass is 448 g/mol. The van der Waals surface area contributed by atoms with E-state index in [1.807, 2.05) is 0 Å². The molecular formula is C29H40N2O2. The quantitative estimate of drug-likeness (QED) is 0.507. The lowest BCUT2D eigenvalue weighted by molar-refractivity contribution is -0.111. The second kappa shape index (κ2) is 8.20. The van der Waals surface area contributed by atoms with Gasteiger partial charge < -0.3 is 4.42 Å². The van der Waals surface area contributed by atoms with Gasteiger partial charge in [0.1, 0.15) is 0 Å². The molecule has 4 nitrogen and oxygen atoms in total.